The highest BCUT2D eigenvalue weighted by Crippen LogP contribution is 2.33. The smallest absolute Gasteiger partial charge is 0.225 e. The van der Waals surface area contributed by atoms with Crippen molar-refractivity contribution in [1.82, 2.24) is 20.2 Å². The Bertz CT molecular complexity index is 783. The molecule has 1 aromatic heterocycles. The number of nitrogens with zero attached hydrogens (tertiary/aromatic N) is 5. The van der Waals surface area contributed by atoms with Crippen LogP contribution in [-0.4, -0.2) is 67.2 Å². The van der Waals surface area contributed by atoms with Crippen LogP contribution in [0.5, 0.6) is 0 Å². The van der Waals surface area contributed by atoms with Gasteiger partial charge in [0.1, 0.15) is 0 Å². The summed E-state index contributed by atoms with van der Waals surface area (Å²) >= 11 is 0. The van der Waals surface area contributed by atoms with E-state index < -0.39 is 0 Å². The summed E-state index contributed by atoms with van der Waals surface area (Å²) in [6, 6.07) is 12.4. The number of hydrogen-bond acceptors (Lipinski definition) is 5. The van der Waals surface area contributed by atoms with Crippen LogP contribution in [0.4, 0.5) is 5.95 Å². The van der Waals surface area contributed by atoms with Crippen LogP contribution in [0.25, 0.3) is 0 Å². The molecule has 2 saturated heterocycles. The first-order chi connectivity index (χ1) is 14.3. The average Bonchev–Trinajstić information content (AvgIpc) is 2.81. The molecule has 0 radical (unpaired) electrons. The Hall–Kier alpha value is -1.94. The number of aromatic nitrogens is 2. The Kier molecular flexibility index (Phi) is 8.68. The van der Waals surface area contributed by atoms with Gasteiger partial charge in [0.15, 0.2) is 5.96 Å². The third-order valence-corrected chi connectivity index (χ3v) is 5.72. The van der Waals surface area contributed by atoms with Crippen molar-refractivity contribution in [3.05, 3.63) is 54.4 Å². The molecule has 1 N–H and O–H groups in total. The molecule has 0 spiro atoms. The van der Waals surface area contributed by atoms with Crippen molar-refractivity contribution < 1.29 is 4.74 Å². The molecule has 7 nitrogen and oxygen atoms in total. The van der Waals surface area contributed by atoms with E-state index in [9.17, 15) is 0 Å². The Morgan fingerprint density at radius 1 is 1.10 bits per heavy atom. The first-order valence-corrected chi connectivity index (χ1v) is 10.5. The number of aliphatic imine (C=N–C) groups is 1. The summed E-state index contributed by atoms with van der Waals surface area (Å²) in [7, 11) is 1.86. The van der Waals surface area contributed by atoms with E-state index in [0.29, 0.717) is 5.92 Å². The van der Waals surface area contributed by atoms with Crippen LogP contribution in [-0.2, 0) is 4.74 Å². The third-order valence-electron chi connectivity index (χ3n) is 5.72. The van der Waals surface area contributed by atoms with Crippen molar-refractivity contribution in [3.63, 3.8) is 0 Å². The van der Waals surface area contributed by atoms with Gasteiger partial charge in [-0.25, -0.2) is 9.97 Å². The molecule has 0 saturated carbocycles. The van der Waals surface area contributed by atoms with Gasteiger partial charge in [0.2, 0.25) is 5.95 Å². The molecule has 3 heterocycles. The van der Waals surface area contributed by atoms with Crippen molar-refractivity contribution in [1.29, 1.82) is 0 Å². The van der Waals surface area contributed by atoms with Crippen molar-refractivity contribution in [2.45, 2.75) is 18.9 Å². The van der Waals surface area contributed by atoms with Crippen molar-refractivity contribution in [3.8, 4) is 0 Å². The number of anilines is 1. The lowest BCUT2D eigenvalue weighted by molar-refractivity contribution is -0.0266. The second-order valence-electron chi connectivity index (χ2n) is 7.56. The summed E-state index contributed by atoms with van der Waals surface area (Å²) in [5.74, 6) is 2.22. The summed E-state index contributed by atoms with van der Waals surface area (Å²) in [6.07, 6.45) is 6.03. The van der Waals surface area contributed by atoms with Gasteiger partial charge in [-0.1, -0.05) is 30.3 Å². The molecule has 0 amide bonds. The topological polar surface area (TPSA) is 65.9 Å². The van der Waals surface area contributed by atoms with Gasteiger partial charge in [-0.05, 0) is 24.5 Å². The molecular formula is C22H31IN6O. The van der Waals surface area contributed by atoms with Gasteiger partial charge in [0.05, 0.1) is 6.10 Å². The average molecular weight is 522 g/mol. The van der Waals surface area contributed by atoms with Crippen molar-refractivity contribution >= 4 is 35.9 Å². The molecule has 2 aliphatic rings. The Morgan fingerprint density at radius 2 is 1.83 bits per heavy atom. The van der Waals surface area contributed by atoms with E-state index in [2.05, 4.69) is 60.4 Å². The highest BCUT2D eigenvalue weighted by Gasteiger charge is 2.28. The second kappa shape index (κ2) is 11.5. The molecular weight excluding hydrogens is 491 g/mol. The molecule has 4 rings (SSSR count). The number of hydrogen-bond donors (Lipinski definition) is 1. The van der Waals surface area contributed by atoms with Crippen LogP contribution < -0.4 is 10.2 Å². The number of nitrogens with one attached hydrogen (secondary N) is 1. The van der Waals surface area contributed by atoms with Crippen LogP contribution in [0.1, 0.15) is 24.5 Å². The van der Waals surface area contributed by atoms with Crippen molar-refractivity contribution in [2.24, 2.45) is 10.9 Å². The zero-order valence-electron chi connectivity index (χ0n) is 17.5. The third kappa shape index (κ3) is 5.60. The Balaban J connectivity index is 0.00000256. The van der Waals surface area contributed by atoms with Crippen molar-refractivity contribution in [2.75, 3.05) is 51.3 Å². The summed E-state index contributed by atoms with van der Waals surface area (Å²) < 4.78 is 6.14. The molecule has 2 aromatic rings. The molecule has 30 heavy (non-hydrogen) atoms. The molecule has 2 fully saturated rings. The number of ether oxygens (including phenoxy) is 1. The summed E-state index contributed by atoms with van der Waals surface area (Å²) in [4.78, 5) is 17.8. The van der Waals surface area contributed by atoms with Gasteiger partial charge in [0, 0.05) is 64.7 Å². The van der Waals surface area contributed by atoms with E-state index in [-0.39, 0.29) is 30.1 Å². The highest BCUT2D eigenvalue weighted by atomic mass is 127. The number of benzene rings is 1. The maximum Gasteiger partial charge on any atom is 0.225 e. The van der Waals surface area contributed by atoms with Gasteiger partial charge < -0.3 is 19.9 Å². The molecule has 0 aliphatic carbocycles. The van der Waals surface area contributed by atoms with E-state index in [4.69, 9.17) is 4.74 Å². The lowest BCUT2D eigenvalue weighted by Gasteiger charge is -2.37. The van der Waals surface area contributed by atoms with Gasteiger partial charge in [-0.3, -0.25) is 4.99 Å². The largest absolute Gasteiger partial charge is 0.373 e. The SMILES string of the molecule is CN=C(NCC1CCCOC1c1ccccc1)N1CCN(c2ncccn2)CC1.I. The quantitative estimate of drug-likeness (QED) is 0.379. The fourth-order valence-electron chi connectivity index (χ4n) is 4.19. The highest BCUT2D eigenvalue weighted by molar-refractivity contribution is 14.0. The molecule has 2 atom stereocenters. The van der Waals surface area contributed by atoms with E-state index in [1.165, 1.54) is 12.0 Å². The molecule has 0 bridgehead atoms. The second-order valence-corrected chi connectivity index (χ2v) is 7.56. The zero-order chi connectivity index (χ0) is 19.9. The lowest BCUT2D eigenvalue weighted by atomic mass is 9.89. The molecule has 2 aliphatic heterocycles. The zero-order valence-corrected chi connectivity index (χ0v) is 19.8. The van der Waals surface area contributed by atoms with Gasteiger partial charge in [-0.15, -0.1) is 24.0 Å². The minimum atomic E-state index is 0. The lowest BCUT2D eigenvalue weighted by Crippen LogP contribution is -2.53. The van der Waals surface area contributed by atoms with Crippen LogP contribution in [0.15, 0.2) is 53.8 Å². The monoisotopic (exact) mass is 522 g/mol. The first-order valence-electron chi connectivity index (χ1n) is 10.5. The maximum atomic E-state index is 6.14. The van der Waals surface area contributed by atoms with Crippen LogP contribution >= 0.6 is 24.0 Å². The fraction of sp³-hybridized carbons (Fsp3) is 0.500. The number of halogens is 1. The van der Waals surface area contributed by atoms with E-state index in [1.54, 1.807) is 12.4 Å². The van der Waals surface area contributed by atoms with E-state index >= 15 is 0 Å². The van der Waals surface area contributed by atoms with Crippen LogP contribution in [0.2, 0.25) is 0 Å². The van der Waals surface area contributed by atoms with Crippen LogP contribution in [0.3, 0.4) is 0 Å². The molecule has 162 valence electrons. The minimum absolute atomic E-state index is 0. The number of rotatable bonds is 4. The van der Waals surface area contributed by atoms with E-state index in [1.807, 2.05) is 13.1 Å². The molecule has 1 aromatic carbocycles. The summed E-state index contributed by atoms with van der Waals surface area (Å²) in [6.45, 7) is 5.30. The first kappa shape index (κ1) is 22.7. The normalized spacial score (nSPS) is 22.4. The Morgan fingerprint density at radius 3 is 2.53 bits per heavy atom. The summed E-state index contributed by atoms with van der Waals surface area (Å²) in [5, 5.41) is 3.61. The van der Waals surface area contributed by atoms with Crippen LogP contribution in [0, 0.1) is 5.92 Å². The van der Waals surface area contributed by atoms with E-state index in [0.717, 1.165) is 57.7 Å². The number of piperazine rings is 1. The van der Waals surface area contributed by atoms with Gasteiger partial charge in [0.25, 0.3) is 0 Å². The fourth-order valence-corrected chi connectivity index (χ4v) is 4.19. The number of guanidine groups is 1. The predicted molar refractivity (Wildman–Crippen MR) is 130 cm³/mol. The molecule has 2 unspecified atom stereocenters. The predicted octanol–water partition coefficient (Wildman–Crippen LogP) is 2.96. The van der Waals surface area contributed by atoms with Gasteiger partial charge in [-0.2, -0.15) is 0 Å². The van der Waals surface area contributed by atoms with Gasteiger partial charge >= 0.3 is 0 Å². The standard InChI is InChI=1S/C22H30N6O.HI/c1-23-21(27-12-14-28(15-13-27)22-24-10-6-11-25-22)26-17-19-9-5-16-29-20(19)18-7-3-2-4-8-18;/h2-4,6-8,10-11,19-20H,5,9,12-17H2,1H3,(H,23,26);1H. The summed E-state index contributed by atoms with van der Waals surface area (Å²) in [5.41, 5.74) is 1.27. The minimum Gasteiger partial charge on any atom is -0.373 e. The maximum absolute atomic E-state index is 6.14. The Labute approximate surface area is 196 Å². The molecule has 8 heteroatoms.